The van der Waals surface area contributed by atoms with Crippen molar-refractivity contribution in [3.8, 4) is 0 Å². The minimum Gasteiger partial charge on any atom is -0.382 e. The lowest BCUT2D eigenvalue weighted by molar-refractivity contribution is 0.0272. The standard InChI is InChI=1S/C13H18BrCl2NO3/c1-18-4-5-20-7-6-19-3-2-17-13-11(15)8-10(14)9-12(13)16/h8-9,17H,2-7H2,1H3. The Morgan fingerprint density at radius 1 is 1.00 bits per heavy atom. The second-order valence-corrected chi connectivity index (χ2v) is 5.62. The van der Waals surface area contributed by atoms with Crippen LogP contribution in [-0.4, -0.2) is 46.7 Å². The largest absolute Gasteiger partial charge is 0.382 e. The van der Waals surface area contributed by atoms with Gasteiger partial charge >= 0.3 is 0 Å². The third-order valence-corrected chi connectivity index (χ3v) is 3.41. The lowest BCUT2D eigenvalue weighted by Gasteiger charge is -2.11. The van der Waals surface area contributed by atoms with Crippen LogP contribution in [0.1, 0.15) is 0 Å². The van der Waals surface area contributed by atoms with E-state index in [9.17, 15) is 0 Å². The number of hydrogen-bond donors (Lipinski definition) is 1. The molecule has 1 rings (SSSR count). The molecule has 0 saturated carbocycles. The molecule has 0 bridgehead atoms. The van der Waals surface area contributed by atoms with Gasteiger partial charge in [0, 0.05) is 18.1 Å². The maximum absolute atomic E-state index is 6.10. The fourth-order valence-electron chi connectivity index (χ4n) is 1.42. The van der Waals surface area contributed by atoms with E-state index in [2.05, 4.69) is 21.2 Å². The second-order valence-electron chi connectivity index (χ2n) is 3.89. The zero-order valence-corrected chi connectivity index (χ0v) is 14.4. The Hall–Kier alpha value is -0.0400. The number of rotatable bonds is 10. The first kappa shape index (κ1) is 18.0. The van der Waals surface area contributed by atoms with Gasteiger partial charge in [0.05, 0.1) is 48.8 Å². The van der Waals surface area contributed by atoms with Gasteiger partial charge in [-0.3, -0.25) is 0 Å². The average molecular weight is 387 g/mol. The summed E-state index contributed by atoms with van der Waals surface area (Å²) in [7, 11) is 1.64. The van der Waals surface area contributed by atoms with E-state index in [0.29, 0.717) is 49.6 Å². The molecule has 0 aliphatic heterocycles. The molecule has 114 valence electrons. The Kier molecular flexibility index (Phi) is 9.59. The van der Waals surface area contributed by atoms with E-state index in [0.717, 1.165) is 10.2 Å². The Morgan fingerprint density at radius 2 is 1.55 bits per heavy atom. The SMILES string of the molecule is COCCOCCOCCNc1c(Cl)cc(Br)cc1Cl. The van der Waals surface area contributed by atoms with Gasteiger partial charge in [0.2, 0.25) is 0 Å². The van der Waals surface area contributed by atoms with Gasteiger partial charge in [0.25, 0.3) is 0 Å². The number of hydrogen-bond acceptors (Lipinski definition) is 4. The molecule has 0 aliphatic rings. The lowest BCUT2D eigenvalue weighted by atomic mass is 10.3. The molecule has 0 atom stereocenters. The van der Waals surface area contributed by atoms with Gasteiger partial charge < -0.3 is 19.5 Å². The van der Waals surface area contributed by atoms with E-state index in [1.54, 1.807) is 19.2 Å². The van der Waals surface area contributed by atoms with Crippen molar-refractivity contribution >= 4 is 44.8 Å². The molecule has 7 heteroatoms. The van der Waals surface area contributed by atoms with Crippen LogP contribution < -0.4 is 5.32 Å². The van der Waals surface area contributed by atoms with Gasteiger partial charge in [0.1, 0.15) is 0 Å². The maximum Gasteiger partial charge on any atom is 0.0720 e. The van der Waals surface area contributed by atoms with Crippen LogP contribution in [0.2, 0.25) is 10.0 Å². The molecule has 0 unspecified atom stereocenters. The summed E-state index contributed by atoms with van der Waals surface area (Å²) in [5.41, 5.74) is 0.719. The van der Waals surface area contributed by atoms with Crippen molar-refractivity contribution in [1.29, 1.82) is 0 Å². The third kappa shape index (κ3) is 7.11. The van der Waals surface area contributed by atoms with E-state index in [1.807, 2.05) is 0 Å². The van der Waals surface area contributed by atoms with Gasteiger partial charge in [-0.25, -0.2) is 0 Å². The highest BCUT2D eigenvalue weighted by atomic mass is 79.9. The lowest BCUT2D eigenvalue weighted by Crippen LogP contribution is -2.14. The van der Waals surface area contributed by atoms with E-state index < -0.39 is 0 Å². The van der Waals surface area contributed by atoms with E-state index in [-0.39, 0.29) is 0 Å². The van der Waals surface area contributed by atoms with Crippen LogP contribution in [0.4, 0.5) is 5.69 Å². The van der Waals surface area contributed by atoms with Gasteiger partial charge in [-0.05, 0) is 12.1 Å². The summed E-state index contributed by atoms with van der Waals surface area (Å²) in [5.74, 6) is 0. The van der Waals surface area contributed by atoms with Crippen LogP contribution in [-0.2, 0) is 14.2 Å². The van der Waals surface area contributed by atoms with Crippen molar-refractivity contribution in [2.24, 2.45) is 0 Å². The zero-order valence-electron chi connectivity index (χ0n) is 11.3. The van der Waals surface area contributed by atoms with Crippen LogP contribution in [0.15, 0.2) is 16.6 Å². The quantitative estimate of drug-likeness (QED) is 0.620. The molecule has 1 aromatic rings. The van der Waals surface area contributed by atoms with Gasteiger partial charge in [-0.15, -0.1) is 0 Å². The highest BCUT2D eigenvalue weighted by Crippen LogP contribution is 2.33. The molecule has 4 nitrogen and oxygen atoms in total. The summed E-state index contributed by atoms with van der Waals surface area (Å²) in [5, 5.41) is 4.30. The summed E-state index contributed by atoms with van der Waals surface area (Å²) >= 11 is 15.5. The van der Waals surface area contributed by atoms with Crippen molar-refractivity contribution in [1.82, 2.24) is 0 Å². The normalized spacial score (nSPS) is 10.8. The van der Waals surface area contributed by atoms with Crippen molar-refractivity contribution in [3.05, 3.63) is 26.7 Å². The van der Waals surface area contributed by atoms with Crippen molar-refractivity contribution in [3.63, 3.8) is 0 Å². The summed E-state index contributed by atoms with van der Waals surface area (Å²) in [6.45, 7) is 3.47. The molecule has 0 radical (unpaired) electrons. The van der Waals surface area contributed by atoms with Crippen molar-refractivity contribution in [2.75, 3.05) is 52.0 Å². The molecule has 20 heavy (non-hydrogen) atoms. The first-order valence-electron chi connectivity index (χ1n) is 6.18. The van der Waals surface area contributed by atoms with E-state index in [4.69, 9.17) is 37.4 Å². The van der Waals surface area contributed by atoms with Crippen LogP contribution in [0, 0.1) is 0 Å². The second kappa shape index (κ2) is 10.7. The van der Waals surface area contributed by atoms with Crippen molar-refractivity contribution < 1.29 is 14.2 Å². The molecule has 0 amide bonds. The monoisotopic (exact) mass is 385 g/mol. The third-order valence-electron chi connectivity index (χ3n) is 2.36. The molecule has 0 saturated heterocycles. The molecule has 0 fully saturated rings. The van der Waals surface area contributed by atoms with Crippen molar-refractivity contribution in [2.45, 2.75) is 0 Å². The number of nitrogens with one attached hydrogen (secondary N) is 1. The molecule has 1 aromatic carbocycles. The van der Waals surface area contributed by atoms with Crippen LogP contribution >= 0.6 is 39.1 Å². The minimum atomic E-state index is 0.549. The number of halogens is 3. The van der Waals surface area contributed by atoms with Crippen LogP contribution in [0.25, 0.3) is 0 Å². The molecule has 1 N–H and O–H groups in total. The molecule has 0 heterocycles. The zero-order chi connectivity index (χ0) is 14.8. The first-order chi connectivity index (χ1) is 9.65. The Bertz CT molecular complexity index is 384. The van der Waals surface area contributed by atoms with E-state index >= 15 is 0 Å². The summed E-state index contributed by atoms with van der Waals surface area (Å²) < 4.78 is 16.4. The fourth-order valence-corrected chi connectivity index (χ4v) is 2.77. The highest BCUT2D eigenvalue weighted by Gasteiger charge is 2.06. The fraction of sp³-hybridized carbons (Fsp3) is 0.538. The Labute approximate surface area is 137 Å². The topological polar surface area (TPSA) is 39.7 Å². The molecule has 0 aliphatic carbocycles. The Balaban J connectivity index is 2.13. The maximum atomic E-state index is 6.10. The summed E-state index contributed by atoms with van der Waals surface area (Å²) in [6, 6.07) is 3.58. The van der Waals surface area contributed by atoms with Crippen LogP contribution in [0.5, 0.6) is 0 Å². The Morgan fingerprint density at radius 3 is 2.15 bits per heavy atom. The molecule has 0 aromatic heterocycles. The number of anilines is 1. The summed E-state index contributed by atoms with van der Waals surface area (Å²) in [4.78, 5) is 0. The van der Waals surface area contributed by atoms with Crippen LogP contribution in [0.3, 0.4) is 0 Å². The van der Waals surface area contributed by atoms with Gasteiger partial charge in [-0.1, -0.05) is 39.1 Å². The molecular weight excluding hydrogens is 369 g/mol. The van der Waals surface area contributed by atoms with Gasteiger partial charge in [0.15, 0.2) is 0 Å². The molecule has 0 spiro atoms. The molecular formula is C13H18BrCl2NO3. The average Bonchev–Trinajstić information content (AvgIpc) is 2.39. The first-order valence-corrected chi connectivity index (χ1v) is 7.73. The minimum absolute atomic E-state index is 0.549. The predicted molar refractivity (Wildman–Crippen MR) is 86.2 cm³/mol. The highest BCUT2D eigenvalue weighted by molar-refractivity contribution is 9.10. The smallest absolute Gasteiger partial charge is 0.0720 e. The van der Waals surface area contributed by atoms with Gasteiger partial charge in [-0.2, -0.15) is 0 Å². The predicted octanol–water partition coefficient (Wildman–Crippen LogP) is 3.85. The number of ether oxygens (including phenoxy) is 3. The summed E-state index contributed by atoms with van der Waals surface area (Å²) in [6.07, 6.45) is 0. The van der Waals surface area contributed by atoms with E-state index in [1.165, 1.54) is 0 Å². The number of methoxy groups -OCH3 is 1. The number of benzene rings is 1.